The second kappa shape index (κ2) is 14.9. The predicted octanol–water partition coefficient (Wildman–Crippen LogP) is 6.36. The van der Waals surface area contributed by atoms with Gasteiger partial charge in [-0.3, -0.25) is 4.79 Å². The lowest BCUT2D eigenvalue weighted by atomic mass is 9.67. The summed E-state index contributed by atoms with van der Waals surface area (Å²) >= 11 is 0. The number of aliphatic hydroxyl groups is 2. The molecule has 0 spiro atoms. The molecule has 2 rings (SSSR count). The van der Waals surface area contributed by atoms with Crippen molar-refractivity contribution in [1.29, 1.82) is 0 Å². The molecule has 0 bridgehead atoms. The zero-order valence-corrected chi connectivity index (χ0v) is 22.4. The number of hydrogen-bond donors (Lipinski definition) is 2. The minimum Gasteiger partial charge on any atom is -0.502 e. The molecule has 6 nitrogen and oxygen atoms in total. The number of carbonyl (C=O) groups is 2. The lowest BCUT2D eigenvalue weighted by molar-refractivity contribution is -0.159. The van der Waals surface area contributed by atoms with E-state index in [1.165, 1.54) is 64.2 Å². The molecule has 0 aliphatic heterocycles. The van der Waals surface area contributed by atoms with Gasteiger partial charge in [-0.25, -0.2) is 4.79 Å². The van der Waals surface area contributed by atoms with Crippen LogP contribution in [0.15, 0.2) is 12.3 Å². The minimum atomic E-state index is -0.932. The Morgan fingerprint density at radius 2 is 1.57 bits per heavy atom. The van der Waals surface area contributed by atoms with Crippen molar-refractivity contribution in [1.82, 2.24) is 0 Å². The molecule has 0 amide bonds. The molecule has 0 heterocycles. The number of esters is 2. The summed E-state index contributed by atoms with van der Waals surface area (Å²) in [6.07, 6.45) is 16.2. The van der Waals surface area contributed by atoms with Gasteiger partial charge in [0.15, 0.2) is 5.76 Å². The quantitative estimate of drug-likeness (QED) is 0.126. The van der Waals surface area contributed by atoms with E-state index in [9.17, 15) is 19.8 Å². The molecular weight excluding hydrogens is 444 g/mol. The number of ether oxygens (including phenoxy) is 2. The van der Waals surface area contributed by atoms with Crippen LogP contribution in [0.1, 0.15) is 104 Å². The molecule has 2 saturated carbocycles. The maximum Gasteiger partial charge on any atom is 0.372 e. The molecule has 1 atom stereocenters. The smallest absolute Gasteiger partial charge is 0.372 e. The van der Waals surface area contributed by atoms with Gasteiger partial charge in [0.1, 0.15) is 0 Å². The summed E-state index contributed by atoms with van der Waals surface area (Å²) in [6.45, 7) is 8.97. The van der Waals surface area contributed by atoms with Crippen LogP contribution in [-0.2, 0) is 19.1 Å². The second-order valence-corrected chi connectivity index (χ2v) is 11.7. The molecule has 1 unspecified atom stereocenters. The predicted molar refractivity (Wildman–Crippen MR) is 138 cm³/mol. The molecule has 202 valence electrons. The summed E-state index contributed by atoms with van der Waals surface area (Å²) in [5.74, 6) is 1.28. The van der Waals surface area contributed by atoms with Crippen molar-refractivity contribution in [2.24, 2.45) is 35.0 Å². The van der Waals surface area contributed by atoms with Crippen LogP contribution in [0.4, 0.5) is 0 Å². The average Bonchev–Trinajstić information content (AvgIpc) is 2.86. The molecule has 2 aliphatic carbocycles. The average molecular weight is 495 g/mol. The zero-order valence-electron chi connectivity index (χ0n) is 22.4. The van der Waals surface area contributed by atoms with Crippen molar-refractivity contribution in [2.45, 2.75) is 104 Å². The van der Waals surface area contributed by atoms with Gasteiger partial charge in [0, 0.05) is 0 Å². The number of hydrogen-bond acceptors (Lipinski definition) is 6. The lowest BCUT2D eigenvalue weighted by Crippen LogP contribution is -2.34. The van der Waals surface area contributed by atoms with Gasteiger partial charge in [-0.05, 0) is 95.0 Å². The maximum atomic E-state index is 12.4. The van der Waals surface area contributed by atoms with Crippen molar-refractivity contribution in [3.8, 4) is 0 Å². The van der Waals surface area contributed by atoms with Crippen molar-refractivity contribution in [3.05, 3.63) is 12.3 Å². The van der Waals surface area contributed by atoms with Crippen molar-refractivity contribution in [2.75, 3.05) is 19.8 Å². The monoisotopic (exact) mass is 494 g/mol. The van der Waals surface area contributed by atoms with Gasteiger partial charge in [-0.1, -0.05) is 45.4 Å². The number of rotatable bonds is 14. The highest BCUT2D eigenvalue weighted by Crippen LogP contribution is 2.44. The summed E-state index contributed by atoms with van der Waals surface area (Å²) in [4.78, 5) is 24.0. The van der Waals surface area contributed by atoms with E-state index in [1.54, 1.807) is 13.8 Å². The van der Waals surface area contributed by atoms with Crippen molar-refractivity contribution >= 4 is 11.9 Å². The Kier molecular flexibility index (Phi) is 12.6. The molecule has 0 aromatic rings. The van der Waals surface area contributed by atoms with E-state index in [1.807, 2.05) is 0 Å². The van der Waals surface area contributed by atoms with Gasteiger partial charge in [-0.2, -0.15) is 0 Å². The summed E-state index contributed by atoms with van der Waals surface area (Å²) in [7, 11) is 0. The highest BCUT2D eigenvalue weighted by atomic mass is 16.5. The molecule has 6 heteroatoms. The van der Waals surface area contributed by atoms with E-state index >= 15 is 0 Å². The SMILES string of the molecule is C=C(O)C(=O)OCCC(COC(=O)C(C)(C)CO)C1CCC(C2CCC(CCCCC)CC2)CC1. The fourth-order valence-corrected chi connectivity index (χ4v) is 6.00. The van der Waals surface area contributed by atoms with Crippen LogP contribution in [0.25, 0.3) is 0 Å². The molecule has 2 aliphatic rings. The molecule has 35 heavy (non-hydrogen) atoms. The molecule has 2 N–H and O–H groups in total. The second-order valence-electron chi connectivity index (χ2n) is 11.7. The van der Waals surface area contributed by atoms with Crippen LogP contribution in [0.2, 0.25) is 0 Å². The van der Waals surface area contributed by atoms with E-state index in [0.29, 0.717) is 12.3 Å². The lowest BCUT2D eigenvalue weighted by Gasteiger charge is -2.40. The van der Waals surface area contributed by atoms with Crippen LogP contribution >= 0.6 is 0 Å². The van der Waals surface area contributed by atoms with Crippen LogP contribution in [0, 0.1) is 35.0 Å². The standard InChI is InChI=1S/C29H50O6/c1-5-6-7-8-22-9-11-23(12-10-22)24-13-15-25(16-14-24)26(17-18-34-27(32)21(2)31)19-35-28(33)29(3,4)20-30/h22-26,30-31H,2,5-20H2,1,3-4H3. The van der Waals surface area contributed by atoms with E-state index in [2.05, 4.69) is 13.5 Å². The molecule has 0 aromatic heterocycles. The third-order valence-corrected chi connectivity index (χ3v) is 8.59. The normalized spacial score (nSPS) is 26.1. The van der Waals surface area contributed by atoms with Crippen molar-refractivity contribution in [3.63, 3.8) is 0 Å². The molecule has 2 fully saturated rings. The fraction of sp³-hybridized carbons (Fsp3) is 0.862. The first-order valence-electron chi connectivity index (χ1n) is 14.0. The van der Waals surface area contributed by atoms with E-state index in [-0.39, 0.29) is 25.7 Å². The van der Waals surface area contributed by atoms with Gasteiger partial charge in [0.25, 0.3) is 0 Å². The largest absolute Gasteiger partial charge is 0.502 e. The molecule has 0 aromatic carbocycles. The third-order valence-electron chi connectivity index (χ3n) is 8.59. The Hall–Kier alpha value is -1.56. The first-order chi connectivity index (χ1) is 16.7. The van der Waals surface area contributed by atoms with E-state index < -0.39 is 23.1 Å². The Morgan fingerprint density at radius 3 is 2.11 bits per heavy atom. The van der Waals surface area contributed by atoms with E-state index in [0.717, 1.165) is 30.6 Å². The zero-order chi connectivity index (χ0) is 25.8. The highest BCUT2D eigenvalue weighted by Gasteiger charge is 2.35. The van der Waals surface area contributed by atoms with Gasteiger partial charge in [0.2, 0.25) is 0 Å². The Labute approximate surface area is 212 Å². The van der Waals surface area contributed by atoms with Crippen molar-refractivity contribution < 1.29 is 29.3 Å². The first kappa shape index (κ1) is 29.7. The van der Waals surface area contributed by atoms with Crippen LogP contribution < -0.4 is 0 Å². The molecule has 0 saturated heterocycles. The molecular formula is C29H50O6. The van der Waals surface area contributed by atoms with Crippen LogP contribution in [-0.4, -0.2) is 42.0 Å². The summed E-state index contributed by atoms with van der Waals surface area (Å²) < 4.78 is 10.7. The minimum absolute atomic E-state index is 0.0865. The molecule has 0 radical (unpaired) electrons. The number of unbranched alkanes of at least 4 members (excludes halogenated alkanes) is 2. The Morgan fingerprint density at radius 1 is 0.971 bits per heavy atom. The Bertz CT molecular complexity index is 656. The topological polar surface area (TPSA) is 93.1 Å². The van der Waals surface area contributed by atoms with E-state index in [4.69, 9.17) is 9.47 Å². The van der Waals surface area contributed by atoms with Gasteiger partial charge in [-0.15, -0.1) is 0 Å². The van der Waals surface area contributed by atoms with Gasteiger partial charge < -0.3 is 19.7 Å². The number of carbonyl (C=O) groups excluding carboxylic acids is 2. The van der Waals surface area contributed by atoms with Gasteiger partial charge in [0.05, 0.1) is 25.2 Å². The van der Waals surface area contributed by atoms with Crippen LogP contribution in [0.3, 0.4) is 0 Å². The number of aliphatic hydroxyl groups excluding tert-OH is 2. The first-order valence-corrected chi connectivity index (χ1v) is 14.0. The summed E-state index contributed by atoms with van der Waals surface area (Å²) in [5, 5.41) is 18.7. The van der Waals surface area contributed by atoms with Crippen LogP contribution in [0.5, 0.6) is 0 Å². The maximum absolute atomic E-state index is 12.4. The highest BCUT2D eigenvalue weighted by molar-refractivity contribution is 5.84. The third kappa shape index (κ3) is 9.78. The van der Waals surface area contributed by atoms with Gasteiger partial charge >= 0.3 is 11.9 Å². The fourth-order valence-electron chi connectivity index (χ4n) is 6.00. The summed E-state index contributed by atoms with van der Waals surface area (Å²) in [5.41, 5.74) is -0.932. The Balaban J connectivity index is 1.84. The summed E-state index contributed by atoms with van der Waals surface area (Å²) in [6, 6.07) is 0.